The van der Waals surface area contributed by atoms with Gasteiger partial charge in [-0.05, 0) is 97.7 Å². The maximum Gasteiger partial charge on any atom is -0.00851 e. The Hall–Kier alpha value is -0.260. The summed E-state index contributed by atoms with van der Waals surface area (Å²) >= 11 is 0. The molecule has 4 aliphatic rings. The molecule has 0 amide bonds. The first-order valence-electron chi connectivity index (χ1n) is 11.1. The van der Waals surface area contributed by atoms with E-state index in [-0.39, 0.29) is 0 Å². The van der Waals surface area contributed by atoms with Crippen LogP contribution in [-0.4, -0.2) is 0 Å². The molecule has 0 aliphatic heterocycles. The zero-order chi connectivity index (χ0) is 17.1. The molecule has 0 aromatic heterocycles. The largest absolute Gasteiger partial charge is 0.0845 e. The summed E-state index contributed by atoms with van der Waals surface area (Å²) < 4.78 is 0. The fraction of sp³-hybridized carbons (Fsp3) is 0.917. The Morgan fingerprint density at radius 2 is 1.88 bits per heavy atom. The lowest BCUT2D eigenvalue weighted by Crippen LogP contribution is -2.50. The van der Waals surface area contributed by atoms with E-state index in [0.29, 0.717) is 10.8 Å². The highest BCUT2D eigenvalue weighted by molar-refractivity contribution is 5.25. The minimum absolute atomic E-state index is 0.561. The lowest BCUT2D eigenvalue weighted by atomic mass is 9.46. The standard InChI is InChI=1S/C24H40/c1-6-17(3)20-9-10-21-19-8-7-18-15-16(2)11-13-23(18,4)22(19)12-14-24(20,21)5/h7,16-17,19-22H,6,8-15H2,1-5H3. The van der Waals surface area contributed by atoms with Crippen LogP contribution in [0.5, 0.6) is 0 Å². The van der Waals surface area contributed by atoms with Gasteiger partial charge in [-0.2, -0.15) is 0 Å². The van der Waals surface area contributed by atoms with Gasteiger partial charge in [-0.1, -0.05) is 52.7 Å². The van der Waals surface area contributed by atoms with Crippen LogP contribution in [0.3, 0.4) is 0 Å². The highest BCUT2D eigenvalue weighted by Crippen LogP contribution is 2.67. The molecule has 0 spiro atoms. The molecule has 0 bridgehead atoms. The van der Waals surface area contributed by atoms with Crippen molar-refractivity contribution in [2.45, 2.75) is 92.4 Å². The van der Waals surface area contributed by atoms with Crippen molar-refractivity contribution in [2.75, 3.05) is 0 Å². The van der Waals surface area contributed by atoms with Gasteiger partial charge in [0.25, 0.3) is 0 Å². The van der Waals surface area contributed by atoms with E-state index in [1.54, 1.807) is 0 Å². The van der Waals surface area contributed by atoms with Gasteiger partial charge >= 0.3 is 0 Å². The third-order valence-electron chi connectivity index (χ3n) is 9.75. The molecule has 3 saturated carbocycles. The van der Waals surface area contributed by atoms with Crippen molar-refractivity contribution >= 4 is 0 Å². The first kappa shape index (κ1) is 17.2. The number of rotatable bonds is 2. The van der Waals surface area contributed by atoms with Crippen LogP contribution in [0, 0.1) is 46.3 Å². The molecule has 0 saturated heterocycles. The van der Waals surface area contributed by atoms with Crippen LogP contribution >= 0.6 is 0 Å². The molecular weight excluding hydrogens is 288 g/mol. The summed E-state index contributed by atoms with van der Waals surface area (Å²) in [5.74, 6) is 5.87. The topological polar surface area (TPSA) is 0 Å². The predicted molar refractivity (Wildman–Crippen MR) is 104 cm³/mol. The molecule has 8 unspecified atom stereocenters. The minimum Gasteiger partial charge on any atom is -0.0845 e. The molecule has 0 heterocycles. The van der Waals surface area contributed by atoms with E-state index in [1.165, 1.54) is 57.8 Å². The Balaban J connectivity index is 1.63. The second kappa shape index (κ2) is 5.88. The van der Waals surface area contributed by atoms with Gasteiger partial charge in [-0.3, -0.25) is 0 Å². The number of hydrogen-bond acceptors (Lipinski definition) is 0. The van der Waals surface area contributed by atoms with Gasteiger partial charge in [0.15, 0.2) is 0 Å². The Labute approximate surface area is 150 Å². The Morgan fingerprint density at radius 3 is 2.62 bits per heavy atom. The van der Waals surface area contributed by atoms with E-state index in [2.05, 4.69) is 40.7 Å². The second-order valence-corrected chi connectivity index (χ2v) is 10.7. The highest BCUT2D eigenvalue weighted by Gasteiger charge is 2.58. The fourth-order valence-corrected chi connectivity index (χ4v) is 8.10. The van der Waals surface area contributed by atoms with E-state index in [0.717, 1.165) is 35.5 Å². The van der Waals surface area contributed by atoms with Gasteiger partial charge in [0.2, 0.25) is 0 Å². The molecule has 0 aromatic rings. The van der Waals surface area contributed by atoms with Gasteiger partial charge in [0.1, 0.15) is 0 Å². The van der Waals surface area contributed by atoms with Crippen molar-refractivity contribution in [3.8, 4) is 0 Å². The molecule has 4 rings (SSSR count). The molecular formula is C24H40. The average molecular weight is 329 g/mol. The Kier molecular flexibility index (Phi) is 4.21. The van der Waals surface area contributed by atoms with E-state index < -0.39 is 0 Å². The van der Waals surface area contributed by atoms with Gasteiger partial charge < -0.3 is 0 Å². The Morgan fingerprint density at radius 1 is 1.08 bits per heavy atom. The summed E-state index contributed by atoms with van der Waals surface area (Å²) in [5.41, 5.74) is 3.08. The summed E-state index contributed by atoms with van der Waals surface area (Å²) in [7, 11) is 0. The summed E-state index contributed by atoms with van der Waals surface area (Å²) in [6.07, 6.45) is 16.0. The van der Waals surface area contributed by atoms with Crippen LogP contribution in [0.15, 0.2) is 11.6 Å². The number of allylic oxidation sites excluding steroid dienone is 2. The van der Waals surface area contributed by atoms with Gasteiger partial charge in [0.05, 0.1) is 0 Å². The molecule has 24 heavy (non-hydrogen) atoms. The molecule has 0 radical (unpaired) electrons. The summed E-state index contributed by atoms with van der Waals surface area (Å²) in [4.78, 5) is 0. The molecule has 0 aromatic carbocycles. The third kappa shape index (κ3) is 2.30. The van der Waals surface area contributed by atoms with Crippen LogP contribution < -0.4 is 0 Å². The van der Waals surface area contributed by atoms with Crippen LogP contribution in [0.1, 0.15) is 92.4 Å². The maximum absolute atomic E-state index is 2.74. The zero-order valence-electron chi connectivity index (χ0n) is 16.9. The maximum atomic E-state index is 2.74. The SMILES string of the molecule is CCC(C)C1CCC2C3CC=C4CC(C)CCC4(C)C3CCC12C. The van der Waals surface area contributed by atoms with E-state index in [1.807, 2.05) is 5.57 Å². The van der Waals surface area contributed by atoms with E-state index in [9.17, 15) is 0 Å². The smallest absolute Gasteiger partial charge is 0.00851 e. The van der Waals surface area contributed by atoms with Crippen LogP contribution in [0.25, 0.3) is 0 Å². The summed E-state index contributed by atoms with van der Waals surface area (Å²) in [5, 5.41) is 0. The molecule has 0 nitrogen and oxygen atoms in total. The Bertz CT molecular complexity index is 516. The third-order valence-corrected chi connectivity index (χ3v) is 9.75. The highest BCUT2D eigenvalue weighted by atomic mass is 14.6. The minimum atomic E-state index is 0.561. The van der Waals surface area contributed by atoms with Gasteiger partial charge in [-0.15, -0.1) is 0 Å². The van der Waals surface area contributed by atoms with Crippen molar-refractivity contribution < 1.29 is 0 Å². The van der Waals surface area contributed by atoms with Crippen molar-refractivity contribution in [2.24, 2.45) is 46.3 Å². The van der Waals surface area contributed by atoms with Crippen LogP contribution in [0.4, 0.5) is 0 Å². The van der Waals surface area contributed by atoms with Gasteiger partial charge in [-0.25, -0.2) is 0 Å². The lowest BCUT2D eigenvalue weighted by Gasteiger charge is -2.58. The average Bonchev–Trinajstić information content (AvgIpc) is 2.92. The first-order chi connectivity index (χ1) is 11.4. The summed E-state index contributed by atoms with van der Waals surface area (Å²) in [6.45, 7) is 12.8. The predicted octanol–water partition coefficient (Wildman–Crippen LogP) is 7.25. The van der Waals surface area contributed by atoms with Crippen molar-refractivity contribution in [3.05, 3.63) is 11.6 Å². The normalized spacial score (nSPS) is 52.0. The molecule has 136 valence electrons. The molecule has 0 heteroatoms. The quantitative estimate of drug-likeness (QED) is 0.468. The van der Waals surface area contributed by atoms with Crippen LogP contribution in [0.2, 0.25) is 0 Å². The second-order valence-electron chi connectivity index (χ2n) is 10.7. The first-order valence-corrected chi connectivity index (χ1v) is 11.1. The van der Waals surface area contributed by atoms with E-state index in [4.69, 9.17) is 0 Å². The molecule has 4 aliphatic carbocycles. The summed E-state index contributed by atoms with van der Waals surface area (Å²) in [6, 6.07) is 0. The monoisotopic (exact) mass is 328 g/mol. The van der Waals surface area contributed by atoms with Crippen molar-refractivity contribution in [3.63, 3.8) is 0 Å². The van der Waals surface area contributed by atoms with Gasteiger partial charge in [0, 0.05) is 0 Å². The lowest BCUT2D eigenvalue weighted by molar-refractivity contribution is -0.0518. The number of hydrogen-bond donors (Lipinski definition) is 0. The van der Waals surface area contributed by atoms with Crippen molar-refractivity contribution in [1.82, 2.24) is 0 Å². The number of fused-ring (bicyclic) bond motifs is 5. The van der Waals surface area contributed by atoms with E-state index >= 15 is 0 Å². The molecule has 3 fully saturated rings. The fourth-order valence-electron chi connectivity index (χ4n) is 8.10. The van der Waals surface area contributed by atoms with Crippen LogP contribution in [-0.2, 0) is 0 Å². The molecule has 8 atom stereocenters. The zero-order valence-corrected chi connectivity index (χ0v) is 16.9. The molecule has 0 N–H and O–H groups in total. The van der Waals surface area contributed by atoms with Crippen molar-refractivity contribution in [1.29, 1.82) is 0 Å².